The van der Waals surface area contributed by atoms with Crippen molar-refractivity contribution in [3.63, 3.8) is 0 Å². The number of nitrogens with one attached hydrogen (secondary N) is 1. The number of carbonyl (C=O) groups excluding carboxylic acids is 1. The molecule has 2 aromatic rings. The molecule has 5 nitrogen and oxygen atoms in total. The second-order valence-corrected chi connectivity index (χ2v) is 8.87. The fourth-order valence-corrected chi connectivity index (χ4v) is 4.94. The van der Waals surface area contributed by atoms with E-state index in [2.05, 4.69) is 5.32 Å². The van der Waals surface area contributed by atoms with Crippen molar-refractivity contribution in [2.24, 2.45) is 0 Å². The number of amides is 1. The van der Waals surface area contributed by atoms with E-state index in [-0.39, 0.29) is 18.0 Å². The van der Waals surface area contributed by atoms with E-state index in [1.807, 2.05) is 45.0 Å². The van der Waals surface area contributed by atoms with Crippen LogP contribution < -0.4 is 9.62 Å². The van der Waals surface area contributed by atoms with Crippen molar-refractivity contribution >= 4 is 21.6 Å². The van der Waals surface area contributed by atoms with Crippen LogP contribution in [0.15, 0.2) is 42.5 Å². The molecule has 0 spiro atoms. The first-order chi connectivity index (χ1) is 12.2. The molecule has 138 valence electrons. The fourth-order valence-electron chi connectivity index (χ4n) is 3.68. The monoisotopic (exact) mass is 372 g/mol. The number of fused-ring (bicyclic) bond motifs is 1. The molecule has 0 saturated heterocycles. The number of nitrogens with zero attached hydrogens (tertiary/aromatic N) is 1. The topological polar surface area (TPSA) is 66.5 Å². The Morgan fingerprint density at radius 2 is 1.92 bits per heavy atom. The molecule has 1 aliphatic rings. The molecule has 1 heterocycles. The standard InChI is InChI=1S/C20H24N2O3S/c1-13-7-5-6-8-18(13)15(3)21-20(23)16-9-10-19-17(12-16)11-14(2)22(19)26(4,24)25/h5-10,12,14-15H,11H2,1-4H3,(H,21,23)/t14-,15-/m0/s1. The van der Waals surface area contributed by atoms with Gasteiger partial charge in [-0.2, -0.15) is 0 Å². The minimum atomic E-state index is -3.33. The highest BCUT2D eigenvalue weighted by atomic mass is 32.2. The first kappa shape index (κ1) is 18.5. The van der Waals surface area contributed by atoms with Crippen LogP contribution in [0.2, 0.25) is 0 Å². The van der Waals surface area contributed by atoms with Gasteiger partial charge in [-0.1, -0.05) is 24.3 Å². The number of aryl methyl sites for hydroxylation is 1. The van der Waals surface area contributed by atoms with Crippen LogP contribution in [0.1, 0.15) is 46.9 Å². The van der Waals surface area contributed by atoms with E-state index in [0.717, 1.165) is 16.7 Å². The van der Waals surface area contributed by atoms with Gasteiger partial charge in [0, 0.05) is 11.6 Å². The average molecular weight is 372 g/mol. The molecule has 0 fully saturated rings. The molecule has 26 heavy (non-hydrogen) atoms. The van der Waals surface area contributed by atoms with Gasteiger partial charge in [0.1, 0.15) is 0 Å². The van der Waals surface area contributed by atoms with Gasteiger partial charge in [0.05, 0.1) is 18.0 Å². The Kier molecular flexibility index (Phi) is 4.80. The number of hydrogen-bond acceptors (Lipinski definition) is 3. The average Bonchev–Trinajstić information content (AvgIpc) is 2.89. The number of carbonyl (C=O) groups is 1. The summed E-state index contributed by atoms with van der Waals surface area (Å²) in [5.74, 6) is -0.158. The van der Waals surface area contributed by atoms with Crippen LogP contribution in [0.4, 0.5) is 5.69 Å². The first-order valence-corrected chi connectivity index (χ1v) is 10.5. The molecule has 1 aliphatic heterocycles. The third-order valence-electron chi connectivity index (χ3n) is 4.85. The zero-order chi connectivity index (χ0) is 19.1. The molecule has 0 bridgehead atoms. The Morgan fingerprint density at radius 1 is 1.23 bits per heavy atom. The van der Waals surface area contributed by atoms with Crippen molar-refractivity contribution in [1.82, 2.24) is 5.32 Å². The quantitative estimate of drug-likeness (QED) is 0.896. The fraction of sp³-hybridized carbons (Fsp3) is 0.350. The molecule has 2 aromatic carbocycles. The summed E-state index contributed by atoms with van der Waals surface area (Å²) in [5.41, 5.74) is 4.32. The van der Waals surface area contributed by atoms with Crippen LogP contribution in [0, 0.1) is 6.92 Å². The number of sulfonamides is 1. The lowest BCUT2D eigenvalue weighted by atomic mass is 10.0. The van der Waals surface area contributed by atoms with E-state index in [1.54, 1.807) is 18.2 Å². The summed E-state index contributed by atoms with van der Waals surface area (Å²) in [6.45, 7) is 5.86. The van der Waals surface area contributed by atoms with Crippen LogP contribution in [-0.2, 0) is 16.4 Å². The van der Waals surface area contributed by atoms with Gasteiger partial charge in [-0.25, -0.2) is 8.42 Å². The maximum absolute atomic E-state index is 12.7. The molecule has 0 saturated carbocycles. The molecule has 0 aliphatic carbocycles. The second kappa shape index (κ2) is 6.76. The Balaban J connectivity index is 1.82. The third-order valence-corrected chi connectivity index (χ3v) is 6.13. The zero-order valence-corrected chi connectivity index (χ0v) is 16.3. The van der Waals surface area contributed by atoms with Gasteiger partial charge >= 0.3 is 0 Å². The van der Waals surface area contributed by atoms with Gasteiger partial charge in [0.25, 0.3) is 5.91 Å². The van der Waals surface area contributed by atoms with Gasteiger partial charge in [0.2, 0.25) is 10.0 Å². The van der Waals surface area contributed by atoms with Gasteiger partial charge in [-0.05, 0) is 62.1 Å². The summed E-state index contributed by atoms with van der Waals surface area (Å²) < 4.78 is 25.4. The predicted octanol–water partition coefficient (Wildman–Crippen LogP) is 3.20. The Morgan fingerprint density at radius 3 is 2.58 bits per heavy atom. The molecular formula is C20H24N2O3S. The molecule has 0 unspecified atom stereocenters. The Hall–Kier alpha value is -2.34. The van der Waals surface area contributed by atoms with E-state index in [4.69, 9.17) is 0 Å². The lowest BCUT2D eigenvalue weighted by Crippen LogP contribution is -2.34. The van der Waals surface area contributed by atoms with Crippen molar-refractivity contribution < 1.29 is 13.2 Å². The second-order valence-electron chi connectivity index (χ2n) is 7.01. The van der Waals surface area contributed by atoms with Gasteiger partial charge in [0.15, 0.2) is 0 Å². The largest absolute Gasteiger partial charge is 0.346 e. The molecule has 1 amide bonds. The number of benzene rings is 2. The maximum atomic E-state index is 12.7. The normalized spacial score (nSPS) is 17.7. The zero-order valence-electron chi connectivity index (χ0n) is 15.5. The Labute approximate surface area is 155 Å². The lowest BCUT2D eigenvalue weighted by Gasteiger charge is -2.22. The molecule has 0 aromatic heterocycles. The maximum Gasteiger partial charge on any atom is 0.251 e. The molecular weight excluding hydrogens is 348 g/mol. The van der Waals surface area contributed by atoms with Crippen molar-refractivity contribution in [2.75, 3.05) is 10.6 Å². The summed E-state index contributed by atoms with van der Waals surface area (Å²) >= 11 is 0. The third kappa shape index (κ3) is 3.46. The van der Waals surface area contributed by atoms with Gasteiger partial charge in [-0.3, -0.25) is 9.10 Å². The van der Waals surface area contributed by atoms with Crippen LogP contribution in [-0.4, -0.2) is 26.6 Å². The van der Waals surface area contributed by atoms with Crippen molar-refractivity contribution in [3.05, 3.63) is 64.7 Å². The SMILES string of the molecule is Cc1ccccc1[C@H](C)NC(=O)c1ccc2c(c1)C[C@H](C)N2S(C)(=O)=O. The van der Waals surface area contributed by atoms with E-state index in [0.29, 0.717) is 17.7 Å². The van der Waals surface area contributed by atoms with Gasteiger partial charge < -0.3 is 5.32 Å². The number of hydrogen-bond donors (Lipinski definition) is 1. The summed E-state index contributed by atoms with van der Waals surface area (Å²) in [4.78, 5) is 12.7. The summed E-state index contributed by atoms with van der Waals surface area (Å²) in [6.07, 6.45) is 1.82. The van der Waals surface area contributed by atoms with Crippen LogP contribution in [0.5, 0.6) is 0 Å². The number of anilines is 1. The molecule has 3 rings (SSSR count). The van der Waals surface area contributed by atoms with Crippen LogP contribution >= 0.6 is 0 Å². The Bertz CT molecular complexity index is 953. The highest BCUT2D eigenvalue weighted by Crippen LogP contribution is 2.34. The smallest absolute Gasteiger partial charge is 0.251 e. The van der Waals surface area contributed by atoms with E-state index in [1.165, 1.54) is 10.6 Å². The highest BCUT2D eigenvalue weighted by Gasteiger charge is 2.32. The van der Waals surface area contributed by atoms with E-state index >= 15 is 0 Å². The minimum absolute atomic E-state index is 0.108. The molecule has 0 radical (unpaired) electrons. The first-order valence-electron chi connectivity index (χ1n) is 8.67. The van der Waals surface area contributed by atoms with Crippen LogP contribution in [0.25, 0.3) is 0 Å². The van der Waals surface area contributed by atoms with Crippen molar-refractivity contribution in [3.8, 4) is 0 Å². The molecule has 1 N–H and O–H groups in total. The molecule has 2 atom stereocenters. The summed E-state index contributed by atoms with van der Waals surface area (Å²) in [5, 5.41) is 3.03. The molecule has 6 heteroatoms. The highest BCUT2D eigenvalue weighted by molar-refractivity contribution is 7.92. The minimum Gasteiger partial charge on any atom is -0.346 e. The van der Waals surface area contributed by atoms with E-state index < -0.39 is 10.0 Å². The van der Waals surface area contributed by atoms with Crippen molar-refractivity contribution in [2.45, 2.75) is 39.3 Å². The van der Waals surface area contributed by atoms with E-state index in [9.17, 15) is 13.2 Å². The summed E-state index contributed by atoms with van der Waals surface area (Å²) in [6, 6.07) is 12.9. The van der Waals surface area contributed by atoms with Gasteiger partial charge in [-0.15, -0.1) is 0 Å². The predicted molar refractivity (Wildman–Crippen MR) is 104 cm³/mol. The van der Waals surface area contributed by atoms with Crippen molar-refractivity contribution in [1.29, 1.82) is 0 Å². The summed E-state index contributed by atoms with van der Waals surface area (Å²) in [7, 11) is -3.33. The van der Waals surface area contributed by atoms with Crippen LogP contribution in [0.3, 0.4) is 0 Å². The lowest BCUT2D eigenvalue weighted by molar-refractivity contribution is 0.0939. The number of rotatable bonds is 4.